The first-order chi connectivity index (χ1) is 9.21. The van der Waals surface area contributed by atoms with Gasteiger partial charge in [-0.2, -0.15) is 0 Å². The third-order valence-electron chi connectivity index (χ3n) is 3.10. The fraction of sp³-hybridized carbons (Fsp3) is 0.400. The summed E-state index contributed by atoms with van der Waals surface area (Å²) < 4.78 is 5.51. The molecule has 0 atom stereocenters. The minimum absolute atomic E-state index is 0.523. The summed E-state index contributed by atoms with van der Waals surface area (Å²) in [6.07, 6.45) is 1.73. The molecule has 4 nitrogen and oxygen atoms in total. The molecule has 0 saturated heterocycles. The molecule has 0 saturated carbocycles. The molecule has 2 N–H and O–H groups in total. The molecule has 2 rings (SSSR count). The van der Waals surface area contributed by atoms with Crippen molar-refractivity contribution < 1.29 is 4.42 Å². The molecule has 0 aromatic carbocycles. The monoisotopic (exact) mass is 259 g/mol. The molecule has 4 heteroatoms. The lowest BCUT2D eigenvalue weighted by atomic mass is 10.2. The van der Waals surface area contributed by atoms with E-state index in [-0.39, 0.29) is 0 Å². The summed E-state index contributed by atoms with van der Waals surface area (Å²) >= 11 is 0. The lowest BCUT2D eigenvalue weighted by Crippen LogP contribution is -2.22. The van der Waals surface area contributed by atoms with E-state index in [4.69, 9.17) is 10.2 Å². The van der Waals surface area contributed by atoms with Gasteiger partial charge in [-0.25, -0.2) is 0 Å². The lowest BCUT2D eigenvalue weighted by Gasteiger charge is -2.18. The van der Waals surface area contributed by atoms with Crippen molar-refractivity contribution in [2.24, 2.45) is 5.73 Å². The van der Waals surface area contributed by atoms with Crippen LogP contribution in [0.5, 0.6) is 0 Å². The first kappa shape index (κ1) is 13.8. The third kappa shape index (κ3) is 3.91. The van der Waals surface area contributed by atoms with Gasteiger partial charge >= 0.3 is 0 Å². The highest BCUT2D eigenvalue weighted by molar-refractivity contribution is 5.13. The van der Waals surface area contributed by atoms with Crippen molar-refractivity contribution in [2.75, 3.05) is 6.54 Å². The molecule has 2 heterocycles. The molecule has 0 aliphatic carbocycles. The maximum Gasteiger partial charge on any atom is 0.118 e. The Morgan fingerprint density at radius 1 is 1.32 bits per heavy atom. The highest BCUT2D eigenvalue weighted by atomic mass is 16.3. The van der Waals surface area contributed by atoms with Crippen molar-refractivity contribution in [3.05, 3.63) is 53.2 Å². The number of nitrogens with zero attached hydrogens (tertiary/aromatic N) is 2. The maximum atomic E-state index is 5.58. The molecule has 0 aliphatic rings. The Labute approximate surface area is 114 Å². The molecule has 102 valence electrons. The summed E-state index contributed by atoms with van der Waals surface area (Å²) in [6.45, 7) is 7.24. The zero-order valence-electron chi connectivity index (χ0n) is 11.6. The Hall–Kier alpha value is -1.65. The molecule has 0 bridgehead atoms. The van der Waals surface area contributed by atoms with Gasteiger partial charge in [0.05, 0.1) is 18.5 Å². The molecule has 19 heavy (non-hydrogen) atoms. The minimum atomic E-state index is 0.523. The number of nitrogens with two attached hydrogens (primary N) is 1. The van der Waals surface area contributed by atoms with Crippen LogP contribution in [0.3, 0.4) is 0 Å². The Kier molecular flexibility index (Phi) is 4.71. The van der Waals surface area contributed by atoms with Gasteiger partial charge in [0.2, 0.25) is 0 Å². The van der Waals surface area contributed by atoms with Crippen LogP contribution in [-0.2, 0) is 19.6 Å². The van der Waals surface area contributed by atoms with Crippen molar-refractivity contribution in [3.63, 3.8) is 0 Å². The Bertz CT molecular complexity index is 522. The fourth-order valence-corrected chi connectivity index (χ4v) is 2.03. The number of hydrogen-bond donors (Lipinski definition) is 1. The van der Waals surface area contributed by atoms with Gasteiger partial charge in [0.15, 0.2) is 0 Å². The van der Waals surface area contributed by atoms with Crippen LogP contribution < -0.4 is 5.73 Å². The number of pyridine rings is 1. The molecule has 0 unspecified atom stereocenters. The number of furan rings is 1. The predicted octanol–water partition coefficient (Wildman–Crippen LogP) is 2.46. The second-order valence-electron chi connectivity index (χ2n) is 4.70. The molecule has 0 radical (unpaired) electrons. The first-order valence-corrected chi connectivity index (χ1v) is 6.62. The van der Waals surface area contributed by atoms with Gasteiger partial charge < -0.3 is 10.2 Å². The summed E-state index contributed by atoms with van der Waals surface area (Å²) in [4.78, 5) is 6.82. The molecule has 0 fully saturated rings. The van der Waals surface area contributed by atoms with E-state index in [9.17, 15) is 0 Å². The number of rotatable bonds is 6. The Balaban J connectivity index is 2.00. The van der Waals surface area contributed by atoms with E-state index in [1.165, 1.54) is 0 Å². The van der Waals surface area contributed by atoms with E-state index < -0.39 is 0 Å². The quantitative estimate of drug-likeness (QED) is 0.865. The third-order valence-corrected chi connectivity index (χ3v) is 3.10. The molecule has 0 aliphatic heterocycles. The summed E-state index contributed by atoms with van der Waals surface area (Å²) in [7, 11) is 0. The van der Waals surface area contributed by atoms with Crippen LogP contribution in [0.1, 0.15) is 29.6 Å². The van der Waals surface area contributed by atoms with Crippen LogP contribution in [-0.4, -0.2) is 16.4 Å². The Morgan fingerprint density at radius 2 is 2.16 bits per heavy atom. The topological polar surface area (TPSA) is 55.3 Å². The van der Waals surface area contributed by atoms with E-state index in [0.29, 0.717) is 6.54 Å². The number of aryl methyl sites for hydroxylation is 1. The zero-order valence-corrected chi connectivity index (χ0v) is 11.6. The standard InChI is InChI=1S/C15H21N3O/c1-3-18(9-14-6-4-5-12(2)17-14)10-15-7-13(8-16)11-19-15/h4-7,11H,3,8-10,16H2,1-2H3. The second kappa shape index (κ2) is 6.50. The smallest absolute Gasteiger partial charge is 0.118 e. The van der Waals surface area contributed by atoms with Crippen molar-refractivity contribution in [1.82, 2.24) is 9.88 Å². The molecule has 0 amide bonds. The van der Waals surface area contributed by atoms with Crippen LogP contribution in [0.2, 0.25) is 0 Å². The van der Waals surface area contributed by atoms with Crippen LogP contribution in [0.15, 0.2) is 34.9 Å². The Morgan fingerprint density at radius 3 is 2.79 bits per heavy atom. The van der Waals surface area contributed by atoms with E-state index in [1.807, 2.05) is 25.1 Å². The predicted molar refractivity (Wildman–Crippen MR) is 75.4 cm³/mol. The van der Waals surface area contributed by atoms with E-state index in [2.05, 4.69) is 22.9 Å². The molecule has 0 spiro atoms. The van der Waals surface area contributed by atoms with Crippen LogP contribution in [0.4, 0.5) is 0 Å². The second-order valence-corrected chi connectivity index (χ2v) is 4.70. The normalized spacial score (nSPS) is 11.2. The molecular formula is C15H21N3O. The van der Waals surface area contributed by atoms with Crippen molar-refractivity contribution in [3.8, 4) is 0 Å². The highest BCUT2D eigenvalue weighted by Crippen LogP contribution is 2.12. The molecule has 2 aromatic heterocycles. The van der Waals surface area contributed by atoms with Gasteiger partial charge in [-0.3, -0.25) is 9.88 Å². The SMILES string of the molecule is CCN(Cc1cccc(C)n1)Cc1cc(CN)co1. The van der Waals surface area contributed by atoms with Gasteiger partial charge in [-0.1, -0.05) is 13.0 Å². The van der Waals surface area contributed by atoms with Crippen molar-refractivity contribution in [1.29, 1.82) is 0 Å². The van der Waals surface area contributed by atoms with Crippen molar-refractivity contribution >= 4 is 0 Å². The fourth-order valence-electron chi connectivity index (χ4n) is 2.03. The summed E-state index contributed by atoms with van der Waals surface area (Å²) in [5, 5.41) is 0. The maximum absolute atomic E-state index is 5.58. The van der Waals surface area contributed by atoms with E-state index >= 15 is 0 Å². The average molecular weight is 259 g/mol. The molecule has 2 aromatic rings. The van der Waals surface area contributed by atoms with Gasteiger partial charge in [0.25, 0.3) is 0 Å². The average Bonchev–Trinajstić information content (AvgIpc) is 2.85. The summed E-state index contributed by atoms with van der Waals surface area (Å²) in [5.74, 6) is 0.954. The van der Waals surface area contributed by atoms with Crippen LogP contribution >= 0.6 is 0 Å². The van der Waals surface area contributed by atoms with Gasteiger partial charge in [-0.15, -0.1) is 0 Å². The zero-order chi connectivity index (χ0) is 13.7. The molecular weight excluding hydrogens is 238 g/mol. The van der Waals surface area contributed by atoms with Gasteiger partial charge in [-0.05, 0) is 31.7 Å². The van der Waals surface area contributed by atoms with Crippen molar-refractivity contribution in [2.45, 2.75) is 33.5 Å². The van der Waals surface area contributed by atoms with Gasteiger partial charge in [0.1, 0.15) is 5.76 Å². The first-order valence-electron chi connectivity index (χ1n) is 6.62. The van der Waals surface area contributed by atoms with E-state index in [0.717, 1.165) is 42.3 Å². The number of aromatic nitrogens is 1. The summed E-state index contributed by atoms with van der Waals surface area (Å²) in [5.41, 5.74) is 8.77. The lowest BCUT2D eigenvalue weighted by molar-refractivity contribution is 0.245. The van der Waals surface area contributed by atoms with E-state index in [1.54, 1.807) is 6.26 Å². The highest BCUT2D eigenvalue weighted by Gasteiger charge is 2.09. The largest absolute Gasteiger partial charge is 0.468 e. The van der Waals surface area contributed by atoms with Gasteiger partial charge in [0, 0.05) is 24.3 Å². The van der Waals surface area contributed by atoms with Crippen LogP contribution in [0, 0.1) is 6.92 Å². The van der Waals surface area contributed by atoms with Crippen LogP contribution in [0.25, 0.3) is 0 Å². The minimum Gasteiger partial charge on any atom is -0.468 e. The number of hydrogen-bond acceptors (Lipinski definition) is 4. The summed E-state index contributed by atoms with van der Waals surface area (Å²) in [6, 6.07) is 8.14.